The Bertz CT molecular complexity index is 979. The number of benzene rings is 1. The standard InChI is InChI=1S/C21H22N2O5S/c1-3-28-21(25)19-16-9-7-13(2)11-17(16)29-20(19)22-18(24)10-8-14-5-4-6-15(12-14)23(26)27/h4-6,8,10,12-13H,3,7,9,11H2,1-2H3,(H,22,24). The van der Waals surface area contributed by atoms with E-state index in [2.05, 4.69) is 12.2 Å². The molecule has 1 aromatic heterocycles. The number of anilines is 1. The van der Waals surface area contributed by atoms with Crippen LogP contribution < -0.4 is 5.32 Å². The molecule has 7 nitrogen and oxygen atoms in total. The van der Waals surface area contributed by atoms with Crippen molar-refractivity contribution in [3.63, 3.8) is 0 Å². The number of amides is 1. The first-order valence-electron chi connectivity index (χ1n) is 9.44. The molecule has 1 amide bonds. The average molecular weight is 414 g/mol. The number of hydrogen-bond donors (Lipinski definition) is 1. The van der Waals surface area contributed by atoms with Gasteiger partial charge >= 0.3 is 5.97 Å². The van der Waals surface area contributed by atoms with Gasteiger partial charge in [-0.15, -0.1) is 11.3 Å². The van der Waals surface area contributed by atoms with Crippen molar-refractivity contribution >= 4 is 40.0 Å². The summed E-state index contributed by atoms with van der Waals surface area (Å²) in [5.74, 6) is -0.292. The van der Waals surface area contributed by atoms with Gasteiger partial charge in [0, 0.05) is 23.1 Å². The third-order valence-corrected chi connectivity index (χ3v) is 5.91. The predicted octanol–water partition coefficient (Wildman–Crippen LogP) is 4.61. The van der Waals surface area contributed by atoms with Crippen LogP contribution in [-0.2, 0) is 22.4 Å². The summed E-state index contributed by atoms with van der Waals surface area (Å²) in [6.45, 7) is 4.19. The van der Waals surface area contributed by atoms with Crippen LogP contribution in [-0.4, -0.2) is 23.4 Å². The van der Waals surface area contributed by atoms with Gasteiger partial charge in [0.1, 0.15) is 5.00 Å². The molecule has 1 aromatic carbocycles. The van der Waals surface area contributed by atoms with Gasteiger partial charge in [-0.05, 0) is 49.3 Å². The molecule has 29 heavy (non-hydrogen) atoms. The van der Waals surface area contributed by atoms with E-state index in [0.717, 1.165) is 29.7 Å². The average Bonchev–Trinajstić information content (AvgIpc) is 3.03. The van der Waals surface area contributed by atoms with Crippen molar-refractivity contribution in [1.82, 2.24) is 0 Å². The van der Waals surface area contributed by atoms with Crippen molar-refractivity contribution in [2.75, 3.05) is 11.9 Å². The summed E-state index contributed by atoms with van der Waals surface area (Å²) in [4.78, 5) is 36.4. The SMILES string of the molecule is CCOC(=O)c1c(NC(=O)C=Cc2cccc([N+](=O)[O-])c2)sc2c1CCC(C)C2. The molecule has 1 unspecified atom stereocenters. The number of nitrogens with zero attached hydrogens (tertiary/aromatic N) is 1. The normalized spacial score (nSPS) is 15.7. The van der Waals surface area contributed by atoms with Crippen molar-refractivity contribution in [2.24, 2.45) is 5.92 Å². The maximum Gasteiger partial charge on any atom is 0.341 e. The molecule has 1 heterocycles. The molecule has 0 bridgehead atoms. The molecule has 0 fully saturated rings. The highest BCUT2D eigenvalue weighted by Crippen LogP contribution is 2.40. The summed E-state index contributed by atoms with van der Waals surface area (Å²) >= 11 is 1.42. The summed E-state index contributed by atoms with van der Waals surface area (Å²) in [6.07, 6.45) is 5.47. The van der Waals surface area contributed by atoms with Crippen LogP contribution in [0.3, 0.4) is 0 Å². The lowest BCUT2D eigenvalue weighted by atomic mass is 9.88. The first-order chi connectivity index (χ1) is 13.9. The third-order valence-electron chi connectivity index (χ3n) is 4.74. The fourth-order valence-electron chi connectivity index (χ4n) is 3.33. The molecule has 0 spiro atoms. The Morgan fingerprint density at radius 3 is 2.93 bits per heavy atom. The van der Waals surface area contributed by atoms with E-state index in [4.69, 9.17) is 4.74 Å². The summed E-state index contributed by atoms with van der Waals surface area (Å²) in [6, 6.07) is 6.01. The Kier molecular flexibility index (Phi) is 6.43. The smallest absolute Gasteiger partial charge is 0.341 e. The number of nitro groups is 1. The van der Waals surface area contributed by atoms with Crippen LogP contribution >= 0.6 is 11.3 Å². The van der Waals surface area contributed by atoms with E-state index >= 15 is 0 Å². The minimum Gasteiger partial charge on any atom is -0.462 e. The lowest BCUT2D eigenvalue weighted by Gasteiger charge is -2.18. The van der Waals surface area contributed by atoms with Crippen LogP contribution in [0, 0.1) is 16.0 Å². The van der Waals surface area contributed by atoms with Crippen LogP contribution in [0.2, 0.25) is 0 Å². The van der Waals surface area contributed by atoms with Gasteiger partial charge in [-0.2, -0.15) is 0 Å². The van der Waals surface area contributed by atoms with Crippen molar-refractivity contribution < 1.29 is 19.2 Å². The lowest BCUT2D eigenvalue weighted by Crippen LogP contribution is -2.15. The number of ether oxygens (including phenoxy) is 1. The largest absolute Gasteiger partial charge is 0.462 e. The Morgan fingerprint density at radius 2 is 2.21 bits per heavy atom. The maximum atomic E-state index is 12.5. The van der Waals surface area contributed by atoms with E-state index < -0.39 is 16.8 Å². The number of nitrogens with one attached hydrogen (secondary N) is 1. The summed E-state index contributed by atoms with van der Waals surface area (Å²) < 4.78 is 5.20. The van der Waals surface area contributed by atoms with Gasteiger partial charge < -0.3 is 10.1 Å². The second-order valence-electron chi connectivity index (χ2n) is 6.95. The van der Waals surface area contributed by atoms with Crippen molar-refractivity contribution in [3.8, 4) is 0 Å². The zero-order chi connectivity index (χ0) is 21.0. The number of fused-ring (bicyclic) bond motifs is 1. The molecule has 1 aliphatic rings. The lowest BCUT2D eigenvalue weighted by molar-refractivity contribution is -0.384. The number of hydrogen-bond acceptors (Lipinski definition) is 6. The van der Waals surface area contributed by atoms with Gasteiger partial charge in [0.05, 0.1) is 17.1 Å². The Labute approximate surface area is 172 Å². The summed E-state index contributed by atoms with van der Waals surface area (Å²) in [7, 11) is 0. The van der Waals surface area contributed by atoms with Gasteiger partial charge in [0.25, 0.3) is 5.69 Å². The second kappa shape index (κ2) is 9.00. The maximum absolute atomic E-state index is 12.5. The molecule has 2 aromatic rings. The van der Waals surface area contributed by atoms with Gasteiger partial charge in [0.2, 0.25) is 5.91 Å². The molecule has 0 aliphatic heterocycles. The number of rotatable bonds is 6. The van der Waals surface area contributed by atoms with E-state index in [1.165, 1.54) is 35.6 Å². The topological polar surface area (TPSA) is 98.5 Å². The Hall–Kier alpha value is -3.00. The van der Waals surface area contributed by atoms with Crippen LogP contribution in [0.1, 0.15) is 46.6 Å². The summed E-state index contributed by atoms with van der Waals surface area (Å²) in [5, 5.41) is 14.2. The number of nitro benzene ring substituents is 1. The fraction of sp³-hybridized carbons (Fsp3) is 0.333. The Balaban J connectivity index is 1.82. The van der Waals surface area contributed by atoms with Crippen LogP contribution in [0.25, 0.3) is 6.08 Å². The molecular weight excluding hydrogens is 392 g/mol. The summed E-state index contributed by atoms with van der Waals surface area (Å²) in [5.41, 5.74) is 1.93. The van der Waals surface area contributed by atoms with Crippen LogP contribution in [0.5, 0.6) is 0 Å². The minimum absolute atomic E-state index is 0.0443. The first kappa shape index (κ1) is 20.7. The molecule has 8 heteroatoms. The quantitative estimate of drug-likeness (QED) is 0.322. The number of thiophene rings is 1. The molecule has 3 rings (SSSR count). The molecule has 0 radical (unpaired) electrons. The molecule has 1 aliphatic carbocycles. The molecule has 1 N–H and O–H groups in total. The van der Waals surface area contributed by atoms with Gasteiger partial charge in [0.15, 0.2) is 0 Å². The number of non-ortho nitro benzene ring substituents is 1. The monoisotopic (exact) mass is 414 g/mol. The van der Waals surface area contributed by atoms with Crippen molar-refractivity contribution in [1.29, 1.82) is 0 Å². The highest BCUT2D eigenvalue weighted by atomic mass is 32.1. The predicted molar refractivity (Wildman–Crippen MR) is 112 cm³/mol. The second-order valence-corrected chi connectivity index (χ2v) is 8.06. The molecular formula is C21H22N2O5S. The molecule has 0 saturated heterocycles. The van der Waals surface area contributed by atoms with Crippen molar-refractivity contribution in [2.45, 2.75) is 33.1 Å². The molecule has 0 saturated carbocycles. The number of carbonyl (C=O) groups excluding carboxylic acids is 2. The number of esters is 1. The van der Waals surface area contributed by atoms with E-state index in [-0.39, 0.29) is 12.3 Å². The highest BCUT2D eigenvalue weighted by molar-refractivity contribution is 7.17. The number of carbonyl (C=O) groups is 2. The van der Waals surface area contributed by atoms with Crippen molar-refractivity contribution in [3.05, 3.63) is 62.0 Å². The van der Waals surface area contributed by atoms with E-state index in [0.29, 0.717) is 22.0 Å². The third kappa shape index (κ3) is 4.89. The van der Waals surface area contributed by atoms with Gasteiger partial charge in [-0.1, -0.05) is 19.1 Å². The van der Waals surface area contributed by atoms with Crippen LogP contribution in [0.4, 0.5) is 10.7 Å². The van der Waals surface area contributed by atoms with Gasteiger partial charge in [-0.3, -0.25) is 14.9 Å². The van der Waals surface area contributed by atoms with E-state index in [1.54, 1.807) is 19.1 Å². The van der Waals surface area contributed by atoms with Gasteiger partial charge in [-0.25, -0.2) is 4.79 Å². The van der Waals surface area contributed by atoms with E-state index in [1.807, 2.05) is 0 Å². The first-order valence-corrected chi connectivity index (χ1v) is 10.3. The molecule has 1 atom stereocenters. The highest BCUT2D eigenvalue weighted by Gasteiger charge is 2.28. The fourth-order valence-corrected chi connectivity index (χ4v) is 4.73. The minimum atomic E-state index is -0.486. The zero-order valence-corrected chi connectivity index (χ0v) is 17.1. The molecule has 152 valence electrons. The van der Waals surface area contributed by atoms with E-state index in [9.17, 15) is 19.7 Å². The Morgan fingerprint density at radius 1 is 1.41 bits per heavy atom. The zero-order valence-electron chi connectivity index (χ0n) is 16.3. The van der Waals surface area contributed by atoms with Crippen LogP contribution in [0.15, 0.2) is 30.3 Å².